The van der Waals surface area contributed by atoms with E-state index < -0.39 is 23.9 Å². The third kappa shape index (κ3) is 15.2. The lowest BCUT2D eigenvalue weighted by molar-refractivity contribution is -0.126. The van der Waals surface area contributed by atoms with Crippen LogP contribution >= 0.6 is 0 Å². The summed E-state index contributed by atoms with van der Waals surface area (Å²) in [6, 6.07) is -0.767. The SMILES string of the molecule is CCCCCCCCCCCCCC[C@@H](O)[C@@H](OC(C)(C)C)[C@H](CO)N=[N+]=[N-]. The number of nitrogens with zero attached hydrogens (tertiary/aromatic N) is 3. The highest BCUT2D eigenvalue weighted by Crippen LogP contribution is 2.21. The summed E-state index contributed by atoms with van der Waals surface area (Å²) in [5.74, 6) is 0. The van der Waals surface area contributed by atoms with E-state index in [1.54, 1.807) is 0 Å². The maximum Gasteiger partial charge on any atom is 0.0947 e. The van der Waals surface area contributed by atoms with Gasteiger partial charge in [-0.15, -0.1) is 0 Å². The van der Waals surface area contributed by atoms with Crippen molar-refractivity contribution in [3.63, 3.8) is 0 Å². The first-order valence-electron chi connectivity index (χ1n) is 11.4. The molecular weight excluding hydrogens is 354 g/mol. The van der Waals surface area contributed by atoms with Gasteiger partial charge in [-0.3, -0.25) is 0 Å². The van der Waals surface area contributed by atoms with Gasteiger partial charge < -0.3 is 14.9 Å². The lowest BCUT2D eigenvalue weighted by atomic mass is 9.98. The minimum atomic E-state index is -0.767. The first-order chi connectivity index (χ1) is 13.4. The van der Waals surface area contributed by atoms with Crippen LogP contribution in [-0.2, 0) is 4.74 Å². The molecule has 0 aromatic heterocycles. The minimum Gasteiger partial charge on any atom is -0.396 e. The Hall–Kier alpha value is -0.810. The quantitative estimate of drug-likeness (QED) is 0.122. The van der Waals surface area contributed by atoms with Crippen molar-refractivity contribution < 1.29 is 14.9 Å². The maximum atomic E-state index is 10.5. The van der Waals surface area contributed by atoms with Crippen LogP contribution in [0.25, 0.3) is 10.4 Å². The van der Waals surface area contributed by atoms with Gasteiger partial charge in [0, 0.05) is 4.91 Å². The monoisotopic (exact) mass is 399 g/mol. The molecule has 0 radical (unpaired) electrons. The van der Waals surface area contributed by atoms with Gasteiger partial charge in [-0.05, 0) is 32.7 Å². The number of ether oxygens (including phenoxy) is 1. The second-order valence-electron chi connectivity index (χ2n) is 8.89. The predicted octanol–water partition coefficient (Wildman–Crippen LogP) is 6.29. The van der Waals surface area contributed by atoms with Crippen LogP contribution < -0.4 is 0 Å². The van der Waals surface area contributed by atoms with Crippen molar-refractivity contribution >= 4 is 0 Å². The topological polar surface area (TPSA) is 98.5 Å². The molecule has 3 atom stereocenters. The van der Waals surface area contributed by atoms with Gasteiger partial charge in [-0.2, -0.15) is 0 Å². The maximum absolute atomic E-state index is 10.5. The molecule has 2 N–H and O–H groups in total. The fourth-order valence-corrected chi connectivity index (χ4v) is 3.45. The van der Waals surface area contributed by atoms with Crippen LogP contribution in [-0.4, -0.2) is 40.7 Å². The van der Waals surface area contributed by atoms with E-state index in [-0.39, 0.29) is 6.61 Å². The average Bonchev–Trinajstić information content (AvgIpc) is 2.64. The van der Waals surface area contributed by atoms with Crippen molar-refractivity contribution in [1.82, 2.24) is 0 Å². The molecule has 0 bridgehead atoms. The van der Waals surface area contributed by atoms with Gasteiger partial charge in [-0.25, -0.2) is 0 Å². The first-order valence-corrected chi connectivity index (χ1v) is 11.4. The van der Waals surface area contributed by atoms with Gasteiger partial charge in [0.15, 0.2) is 0 Å². The van der Waals surface area contributed by atoms with Crippen LogP contribution in [0.2, 0.25) is 0 Å². The summed E-state index contributed by atoms with van der Waals surface area (Å²) in [4.78, 5) is 2.78. The molecule has 0 spiro atoms. The molecule has 0 rings (SSSR count). The molecule has 0 fully saturated rings. The van der Waals surface area contributed by atoms with Crippen molar-refractivity contribution in [3.8, 4) is 0 Å². The Bertz CT molecular complexity index is 406. The largest absolute Gasteiger partial charge is 0.396 e. The summed E-state index contributed by atoms with van der Waals surface area (Å²) in [5.41, 5.74) is 8.21. The van der Waals surface area contributed by atoms with E-state index in [9.17, 15) is 10.2 Å². The van der Waals surface area contributed by atoms with Gasteiger partial charge in [-0.1, -0.05) is 89.1 Å². The third-order valence-electron chi connectivity index (χ3n) is 4.99. The molecule has 28 heavy (non-hydrogen) atoms. The van der Waals surface area contributed by atoms with Gasteiger partial charge in [0.05, 0.1) is 30.5 Å². The Morgan fingerprint density at radius 3 is 1.75 bits per heavy atom. The van der Waals surface area contributed by atoms with Gasteiger partial charge >= 0.3 is 0 Å². The summed E-state index contributed by atoms with van der Waals surface area (Å²) in [7, 11) is 0. The zero-order valence-corrected chi connectivity index (χ0v) is 18.8. The van der Waals surface area contributed by atoms with E-state index in [1.165, 1.54) is 64.2 Å². The molecule has 0 aromatic rings. The second-order valence-corrected chi connectivity index (χ2v) is 8.89. The normalized spacial score (nSPS) is 15.1. The summed E-state index contributed by atoms with van der Waals surface area (Å²) >= 11 is 0. The summed E-state index contributed by atoms with van der Waals surface area (Å²) in [6.45, 7) is 7.59. The van der Waals surface area contributed by atoms with Crippen LogP contribution in [0.3, 0.4) is 0 Å². The molecule has 6 heteroatoms. The molecule has 0 aromatic carbocycles. The molecule has 166 valence electrons. The molecule has 6 nitrogen and oxygen atoms in total. The number of azide groups is 1. The van der Waals surface area contributed by atoms with E-state index in [0.29, 0.717) is 6.42 Å². The number of aliphatic hydroxyl groups is 2. The summed E-state index contributed by atoms with van der Waals surface area (Å²) < 4.78 is 5.89. The Balaban J connectivity index is 3.99. The van der Waals surface area contributed by atoms with E-state index in [0.717, 1.165) is 12.8 Å². The standard InChI is InChI=1S/C22H45N3O3/c1-5-6-7-8-9-10-11-12-13-14-15-16-17-20(27)21(28-22(2,3)4)19(18-26)24-25-23/h19-21,26-27H,5-18H2,1-4H3/t19-,20+,21-/m0/s1. The number of hydrogen-bond donors (Lipinski definition) is 2. The second kappa shape index (κ2) is 17.1. The molecular formula is C22H45N3O3. The van der Waals surface area contributed by atoms with Gasteiger partial charge in [0.2, 0.25) is 0 Å². The van der Waals surface area contributed by atoms with Crippen LogP contribution in [0, 0.1) is 0 Å². The number of aliphatic hydroxyl groups excluding tert-OH is 2. The van der Waals surface area contributed by atoms with Crippen LogP contribution in [0.15, 0.2) is 5.11 Å². The van der Waals surface area contributed by atoms with Crippen LogP contribution in [0.5, 0.6) is 0 Å². The number of rotatable bonds is 18. The zero-order valence-electron chi connectivity index (χ0n) is 18.8. The summed E-state index contributed by atoms with van der Waals surface area (Å²) in [5, 5.41) is 23.6. The molecule has 0 aliphatic rings. The molecule has 0 saturated heterocycles. The molecule has 0 unspecified atom stereocenters. The Kier molecular flexibility index (Phi) is 16.6. The van der Waals surface area contributed by atoms with Gasteiger partial charge in [0.25, 0.3) is 0 Å². The molecule has 0 saturated carbocycles. The van der Waals surface area contributed by atoms with Crippen molar-refractivity contribution in [2.75, 3.05) is 6.61 Å². The fourth-order valence-electron chi connectivity index (χ4n) is 3.45. The first kappa shape index (κ1) is 27.2. The average molecular weight is 400 g/mol. The molecule has 0 aliphatic heterocycles. The van der Waals surface area contributed by atoms with Crippen LogP contribution in [0.4, 0.5) is 0 Å². The minimum absolute atomic E-state index is 0.333. The third-order valence-corrected chi connectivity index (χ3v) is 4.99. The van der Waals surface area contributed by atoms with Gasteiger partial charge in [0.1, 0.15) is 0 Å². The highest BCUT2D eigenvalue weighted by atomic mass is 16.5. The fraction of sp³-hybridized carbons (Fsp3) is 1.00. The zero-order chi connectivity index (χ0) is 21.3. The highest BCUT2D eigenvalue weighted by molar-refractivity contribution is 4.85. The number of unbranched alkanes of at least 4 members (excludes halogenated alkanes) is 11. The lowest BCUT2D eigenvalue weighted by Crippen LogP contribution is -2.45. The smallest absolute Gasteiger partial charge is 0.0947 e. The Labute approximate surface area is 172 Å². The van der Waals surface area contributed by atoms with Crippen molar-refractivity contribution in [2.24, 2.45) is 5.11 Å². The van der Waals surface area contributed by atoms with Crippen molar-refractivity contribution in [1.29, 1.82) is 0 Å². The van der Waals surface area contributed by atoms with E-state index in [1.807, 2.05) is 20.8 Å². The summed E-state index contributed by atoms with van der Waals surface area (Å²) in [6.07, 6.45) is 14.4. The van der Waals surface area contributed by atoms with Crippen molar-refractivity contribution in [2.45, 2.75) is 135 Å². The van der Waals surface area contributed by atoms with E-state index in [4.69, 9.17) is 10.3 Å². The highest BCUT2D eigenvalue weighted by Gasteiger charge is 2.31. The predicted molar refractivity (Wildman–Crippen MR) is 116 cm³/mol. The Morgan fingerprint density at radius 1 is 0.893 bits per heavy atom. The molecule has 0 heterocycles. The Morgan fingerprint density at radius 2 is 1.36 bits per heavy atom. The van der Waals surface area contributed by atoms with E-state index in [2.05, 4.69) is 16.9 Å². The van der Waals surface area contributed by atoms with Crippen molar-refractivity contribution in [3.05, 3.63) is 10.4 Å². The molecule has 0 amide bonds. The van der Waals surface area contributed by atoms with E-state index >= 15 is 0 Å². The number of hydrogen-bond acceptors (Lipinski definition) is 4. The lowest BCUT2D eigenvalue weighted by Gasteiger charge is -2.33. The van der Waals surface area contributed by atoms with Crippen LogP contribution in [0.1, 0.15) is 111 Å². The molecule has 0 aliphatic carbocycles.